The first kappa shape index (κ1) is 14.2. The zero-order chi connectivity index (χ0) is 15.1. The van der Waals surface area contributed by atoms with Crippen molar-refractivity contribution in [2.24, 2.45) is 0 Å². The minimum Gasteiger partial charge on any atom is -0.352 e. The molecule has 6 heteroatoms. The van der Waals surface area contributed by atoms with Gasteiger partial charge in [-0.25, -0.2) is 0 Å². The lowest BCUT2D eigenvalue weighted by Gasteiger charge is -2.34. The maximum absolute atomic E-state index is 12.2. The monoisotopic (exact) mass is 304 g/mol. The highest BCUT2D eigenvalue weighted by molar-refractivity contribution is 5.81. The number of nitrogens with zero attached hydrogens (tertiary/aromatic N) is 3. The molecule has 3 fully saturated rings. The zero-order valence-corrected chi connectivity index (χ0v) is 13.1. The molecule has 4 rings (SSSR count). The Morgan fingerprint density at radius 1 is 1.27 bits per heavy atom. The molecule has 0 spiro atoms. The first-order valence-corrected chi connectivity index (χ1v) is 8.58. The van der Waals surface area contributed by atoms with E-state index in [-0.39, 0.29) is 11.9 Å². The summed E-state index contributed by atoms with van der Waals surface area (Å²) in [7, 11) is 0. The van der Waals surface area contributed by atoms with E-state index in [1.807, 2.05) is 6.92 Å². The molecule has 0 unspecified atom stereocenters. The zero-order valence-electron chi connectivity index (χ0n) is 13.1. The first-order chi connectivity index (χ1) is 10.7. The Morgan fingerprint density at radius 3 is 2.82 bits per heavy atom. The number of likely N-dealkylation sites (tertiary alicyclic amines) is 1. The van der Waals surface area contributed by atoms with Gasteiger partial charge in [0.15, 0.2) is 5.82 Å². The number of amides is 1. The molecule has 1 amide bonds. The fourth-order valence-corrected chi connectivity index (χ4v) is 3.19. The van der Waals surface area contributed by atoms with Crippen molar-refractivity contribution in [2.45, 2.75) is 69.4 Å². The third-order valence-corrected chi connectivity index (χ3v) is 5.05. The normalized spacial score (nSPS) is 27.6. The number of piperidine rings is 1. The molecule has 1 aliphatic heterocycles. The van der Waals surface area contributed by atoms with Crippen molar-refractivity contribution < 1.29 is 9.32 Å². The van der Waals surface area contributed by atoms with E-state index < -0.39 is 0 Å². The van der Waals surface area contributed by atoms with Crippen LogP contribution in [0.4, 0.5) is 0 Å². The summed E-state index contributed by atoms with van der Waals surface area (Å²) in [6.45, 7) is 3.83. The Morgan fingerprint density at radius 2 is 2.09 bits per heavy atom. The van der Waals surface area contributed by atoms with E-state index in [2.05, 4.69) is 20.4 Å². The molecule has 22 heavy (non-hydrogen) atoms. The van der Waals surface area contributed by atoms with E-state index >= 15 is 0 Å². The second kappa shape index (κ2) is 5.65. The van der Waals surface area contributed by atoms with E-state index in [1.54, 1.807) is 0 Å². The van der Waals surface area contributed by atoms with E-state index in [4.69, 9.17) is 4.52 Å². The highest BCUT2D eigenvalue weighted by Crippen LogP contribution is 2.39. The topological polar surface area (TPSA) is 71.3 Å². The van der Waals surface area contributed by atoms with Crippen molar-refractivity contribution in [3.05, 3.63) is 11.7 Å². The van der Waals surface area contributed by atoms with Crippen LogP contribution in [0.1, 0.15) is 69.0 Å². The molecule has 2 atom stereocenters. The standard InChI is InChI=1S/C16H24N4O2/c1-10(15(21)17-13-6-7-13)20-8-2-3-12(9-20)14-18-16(22-19-14)11-4-5-11/h10-13H,2-9H2,1H3,(H,17,21)/t10-,12-/m1/s1. The van der Waals surface area contributed by atoms with Gasteiger partial charge in [0.25, 0.3) is 0 Å². The first-order valence-electron chi connectivity index (χ1n) is 8.58. The Kier molecular flexibility index (Phi) is 3.64. The molecule has 0 aromatic carbocycles. The number of carbonyl (C=O) groups is 1. The summed E-state index contributed by atoms with van der Waals surface area (Å²) in [4.78, 5) is 19.1. The SMILES string of the molecule is C[C@H](C(=O)NC1CC1)N1CCC[C@@H](c2noc(C3CC3)n2)C1. The molecule has 2 aliphatic carbocycles. The Hall–Kier alpha value is -1.43. The molecule has 6 nitrogen and oxygen atoms in total. The fraction of sp³-hybridized carbons (Fsp3) is 0.812. The van der Waals surface area contributed by atoms with Crippen LogP contribution >= 0.6 is 0 Å². The summed E-state index contributed by atoms with van der Waals surface area (Å²) < 4.78 is 5.39. The predicted molar refractivity (Wildman–Crippen MR) is 80.4 cm³/mol. The van der Waals surface area contributed by atoms with Gasteiger partial charge >= 0.3 is 0 Å². The minimum atomic E-state index is -0.0711. The summed E-state index contributed by atoms with van der Waals surface area (Å²) in [6, 6.07) is 0.354. The maximum atomic E-state index is 12.2. The quantitative estimate of drug-likeness (QED) is 0.898. The maximum Gasteiger partial charge on any atom is 0.237 e. The lowest BCUT2D eigenvalue weighted by atomic mass is 9.96. The van der Waals surface area contributed by atoms with Gasteiger partial charge in [0.1, 0.15) is 0 Å². The lowest BCUT2D eigenvalue weighted by Crippen LogP contribution is -2.49. The van der Waals surface area contributed by atoms with E-state index in [0.717, 1.165) is 50.5 Å². The van der Waals surface area contributed by atoms with Gasteiger partial charge in [0.05, 0.1) is 6.04 Å². The highest BCUT2D eigenvalue weighted by atomic mass is 16.5. The molecule has 0 bridgehead atoms. The molecule has 1 N–H and O–H groups in total. The summed E-state index contributed by atoms with van der Waals surface area (Å²) in [5.74, 6) is 2.60. The highest BCUT2D eigenvalue weighted by Gasteiger charge is 2.34. The van der Waals surface area contributed by atoms with Gasteiger partial charge in [-0.3, -0.25) is 9.69 Å². The summed E-state index contributed by atoms with van der Waals surface area (Å²) in [6.07, 6.45) is 6.78. The molecular formula is C16H24N4O2. The third-order valence-electron chi connectivity index (χ3n) is 5.05. The van der Waals surface area contributed by atoms with E-state index in [1.165, 1.54) is 12.8 Å². The number of aromatic nitrogens is 2. The average molecular weight is 304 g/mol. The summed E-state index contributed by atoms with van der Waals surface area (Å²) in [5, 5.41) is 7.29. The van der Waals surface area contributed by atoms with Crippen LogP contribution in [0.25, 0.3) is 0 Å². The van der Waals surface area contributed by atoms with Crippen LogP contribution in [-0.4, -0.2) is 46.1 Å². The van der Waals surface area contributed by atoms with Gasteiger partial charge < -0.3 is 9.84 Å². The molecular weight excluding hydrogens is 280 g/mol. The number of hydrogen-bond donors (Lipinski definition) is 1. The molecule has 0 radical (unpaired) electrons. The Labute approximate surface area is 130 Å². The van der Waals surface area contributed by atoms with Crippen molar-refractivity contribution in [3.8, 4) is 0 Å². The van der Waals surface area contributed by atoms with E-state index in [9.17, 15) is 4.79 Å². The van der Waals surface area contributed by atoms with E-state index in [0.29, 0.717) is 17.9 Å². The van der Waals surface area contributed by atoms with Crippen molar-refractivity contribution in [2.75, 3.05) is 13.1 Å². The Bertz CT molecular complexity index is 550. The van der Waals surface area contributed by atoms with Gasteiger partial charge in [-0.1, -0.05) is 5.16 Å². The van der Waals surface area contributed by atoms with Gasteiger partial charge in [0.2, 0.25) is 11.8 Å². The predicted octanol–water partition coefficient (Wildman–Crippen LogP) is 1.79. The molecule has 120 valence electrons. The van der Waals surface area contributed by atoms with Gasteiger partial charge in [-0.15, -0.1) is 0 Å². The van der Waals surface area contributed by atoms with Crippen molar-refractivity contribution in [3.63, 3.8) is 0 Å². The number of carbonyl (C=O) groups excluding carboxylic acids is 1. The largest absolute Gasteiger partial charge is 0.352 e. The number of nitrogens with one attached hydrogen (secondary N) is 1. The number of rotatable bonds is 5. The summed E-state index contributed by atoms with van der Waals surface area (Å²) >= 11 is 0. The van der Waals surface area contributed by atoms with Crippen molar-refractivity contribution in [1.29, 1.82) is 0 Å². The smallest absolute Gasteiger partial charge is 0.237 e. The fourth-order valence-electron chi connectivity index (χ4n) is 3.19. The van der Waals surface area contributed by atoms with Gasteiger partial charge in [-0.05, 0) is 52.0 Å². The second-order valence-electron chi connectivity index (χ2n) is 7.06. The van der Waals surface area contributed by atoms with Gasteiger partial charge in [-0.2, -0.15) is 4.98 Å². The molecule has 3 aliphatic rings. The van der Waals surface area contributed by atoms with Gasteiger partial charge in [0, 0.05) is 24.4 Å². The number of hydrogen-bond acceptors (Lipinski definition) is 5. The van der Waals surface area contributed by atoms with Crippen LogP contribution in [0, 0.1) is 0 Å². The van der Waals surface area contributed by atoms with Crippen LogP contribution in [-0.2, 0) is 4.79 Å². The second-order valence-corrected chi connectivity index (χ2v) is 7.06. The van der Waals surface area contributed by atoms with Crippen molar-refractivity contribution >= 4 is 5.91 Å². The third kappa shape index (κ3) is 3.02. The lowest BCUT2D eigenvalue weighted by molar-refractivity contribution is -0.126. The molecule has 1 saturated heterocycles. The van der Waals surface area contributed by atoms with Crippen LogP contribution in [0.3, 0.4) is 0 Å². The summed E-state index contributed by atoms with van der Waals surface area (Å²) in [5.41, 5.74) is 0. The molecule has 1 aromatic heterocycles. The molecule has 1 aromatic rings. The van der Waals surface area contributed by atoms with Crippen molar-refractivity contribution in [1.82, 2.24) is 20.4 Å². The minimum absolute atomic E-state index is 0.0711. The molecule has 2 saturated carbocycles. The van der Waals surface area contributed by atoms with Crippen LogP contribution < -0.4 is 5.32 Å². The van der Waals surface area contributed by atoms with Crippen LogP contribution in [0.15, 0.2) is 4.52 Å². The van der Waals surface area contributed by atoms with Crippen LogP contribution in [0.2, 0.25) is 0 Å². The van der Waals surface area contributed by atoms with Crippen LogP contribution in [0.5, 0.6) is 0 Å². The molecule has 2 heterocycles. The Balaban J connectivity index is 1.38. The average Bonchev–Trinajstić information content (AvgIpc) is 3.47.